The van der Waals surface area contributed by atoms with E-state index >= 15 is 0 Å². The highest BCUT2D eigenvalue weighted by atomic mass is 35.5. The summed E-state index contributed by atoms with van der Waals surface area (Å²) in [5.74, 6) is -0.187. The van der Waals surface area contributed by atoms with Gasteiger partial charge in [-0.05, 0) is 48.6 Å². The Morgan fingerprint density at radius 2 is 1.72 bits per heavy atom. The predicted molar refractivity (Wildman–Crippen MR) is 119 cm³/mol. The van der Waals surface area contributed by atoms with Gasteiger partial charge >= 0.3 is 0 Å². The number of nitrogens with one attached hydrogen (secondary N) is 1. The van der Waals surface area contributed by atoms with Crippen molar-refractivity contribution in [3.05, 3.63) is 69.7 Å². The highest BCUT2D eigenvalue weighted by Gasteiger charge is 2.28. The van der Waals surface area contributed by atoms with Crippen LogP contribution in [0.2, 0.25) is 10.0 Å². The number of hydrogen-bond donors (Lipinski definition) is 1. The zero-order valence-electron chi connectivity index (χ0n) is 17.0. The van der Waals surface area contributed by atoms with Crippen LogP contribution >= 0.6 is 23.2 Å². The van der Waals surface area contributed by atoms with E-state index in [2.05, 4.69) is 5.32 Å². The quantitative estimate of drug-likeness (QED) is 0.554. The third-order valence-electron chi connectivity index (χ3n) is 4.77. The fraction of sp³-hybridized carbons (Fsp3) is 0.391. The molecule has 1 atom stereocenters. The van der Waals surface area contributed by atoms with E-state index < -0.39 is 6.04 Å². The Hall–Kier alpha value is -2.04. The molecule has 0 fully saturated rings. The third kappa shape index (κ3) is 7.06. The first-order chi connectivity index (χ1) is 14.0. The van der Waals surface area contributed by atoms with Crippen LogP contribution in [0.25, 0.3) is 0 Å². The Bertz CT molecular complexity index is 809. The van der Waals surface area contributed by atoms with Gasteiger partial charge in [-0.2, -0.15) is 0 Å². The van der Waals surface area contributed by atoms with Crippen molar-refractivity contribution in [2.45, 2.75) is 52.1 Å². The maximum Gasteiger partial charge on any atom is 0.242 e. The lowest BCUT2D eigenvalue weighted by atomic mass is 10.1. The monoisotopic (exact) mass is 434 g/mol. The minimum atomic E-state index is -0.518. The molecule has 2 aromatic rings. The van der Waals surface area contributed by atoms with Crippen LogP contribution in [0, 0.1) is 0 Å². The largest absolute Gasteiger partial charge is 0.354 e. The van der Waals surface area contributed by atoms with E-state index in [9.17, 15) is 9.59 Å². The average molecular weight is 435 g/mol. The van der Waals surface area contributed by atoms with Crippen molar-refractivity contribution in [2.24, 2.45) is 0 Å². The van der Waals surface area contributed by atoms with Gasteiger partial charge in [-0.1, -0.05) is 67.4 Å². The Kier molecular flexibility index (Phi) is 9.49. The molecule has 0 heterocycles. The molecule has 0 saturated carbocycles. The van der Waals surface area contributed by atoms with Crippen LogP contribution in [0.4, 0.5) is 0 Å². The van der Waals surface area contributed by atoms with Crippen LogP contribution in [0.3, 0.4) is 0 Å². The molecule has 156 valence electrons. The Morgan fingerprint density at radius 3 is 2.34 bits per heavy atom. The van der Waals surface area contributed by atoms with Gasteiger partial charge in [0.05, 0.1) is 0 Å². The summed E-state index contributed by atoms with van der Waals surface area (Å²) in [4.78, 5) is 27.5. The molecule has 0 aliphatic carbocycles. The maximum atomic E-state index is 13.2. The van der Waals surface area contributed by atoms with Gasteiger partial charge in [0.25, 0.3) is 0 Å². The first-order valence-electron chi connectivity index (χ1n) is 10.0. The van der Waals surface area contributed by atoms with Crippen molar-refractivity contribution in [3.8, 4) is 0 Å². The lowest BCUT2D eigenvalue weighted by molar-refractivity contribution is -0.141. The summed E-state index contributed by atoms with van der Waals surface area (Å²) >= 11 is 12.2. The van der Waals surface area contributed by atoms with Crippen molar-refractivity contribution >= 4 is 35.0 Å². The van der Waals surface area contributed by atoms with Gasteiger partial charge < -0.3 is 10.2 Å². The molecule has 0 spiro atoms. The topological polar surface area (TPSA) is 49.4 Å². The second kappa shape index (κ2) is 11.8. The number of aryl methyl sites for hydroxylation is 1. The van der Waals surface area contributed by atoms with Crippen molar-refractivity contribution in [3.63, 3.8) is 0 Å². The molecule has 6 heteroatoms. The number of hydrogen-bond acceptors (Lipinski definition) is 2. The zero-order chi connectivity index (χ0) is 21.2. The third-order valence-corrected chi connectivity index (χ3v) is 5.39. The number of halogens is 2. The molecule has 0 aliphatic rings. The van der Waals surface area contributed by atoms with Gasteiger partial charge in [-0.3, -0.25) is 9.59 Å². The van der Waals surface area contributed by atoms with Gasteiger partial charge in [-0.15, -0.1) is 0 Å². The molecule has 0 unspecified atom stereocenters. The number of rotatable bonds is 10. The fourth-order valence-electron chi connectivity index (χ4n) is 3.16. The fourth-order valence-corrected chi connectivity index (χ4v) is 3.51. The van der Waals surface area contributed by atoms with Gasteiger partial charge in [0, 0.05) is 29.6 Å². The van der Waals surface area contributed by atoms with Crippen LogP contribution < -0.4 is 5.32 Å². The van der Waals surface area contributed by atoms with E-state index in [-0.39, 0.29) is 18.2 Å². The summed E-state index contributed by atoms with van der Waals surface area (Å²) in [5, 5.41) is 4.21. The second-order valence-corrected chi connectivity index (χ2v) is 7.80. The highest BCUT2D eigenvalue weighted by molar-refractivity contribution is 6.31. The summed E-state index contributed by atoms with van der Waals surface area (Å²) in [6, 6.07) is 14.3. The number of carbonyl (C=O) groups excluding carboxylic acids is 2. The van der Waals surface area contributed by atoms with Crippen LogP contribution in [0.1, 0.15) is 44.2 Å². The Labute approximate surface area is 183 Å². The molecular weight excluding hydrogens is 407 g/mol. The summed E-state index contributed by atoms with van der Waals surface area (Å²) in [6.45, 7) is 4.88. The molecule has 0 aliphatic heterocycles. The van der Waals surface area contributed by atoms with Crippen LogP contribution in [0.15, 0.2) is 48.5 Å². The minimum Gasteiger partial charge on any atom is -0.354 e. The number of benzene rings is 2. The molecule has 2 amide bonds. The lowest BCUT2D eigenvalue weighted by Gasteiger charge is -2.31. The van der Waals surface area contributed by atoms with Crippen LogP contribution in [0.5, 0.6) is 0 Å². The van der Waals surface area contributed by atoms with Gasteiger partial charge in [-0.25, -0.2) is 0 Å². The number of nitrogens with zero attached hydrogens (tertiary/aromatic N) is 1. The molecule has 4 nitrogen and oxygen atoms in total. The van der Waals surface area contributed by atoms with Crippen molar-refractivity contribution < 1.29 is 9.59 Å². The van der Waals surface area contributed by atoms with Crippen LogP contribution in [-0.4, -0.2) is 29.3 Å². The smallest absolute Gasteiger partial charge is 0.242 e. The maximum absolute atomic E-state index is 13.2. The molecular formula is C23H28Cl2N2O2. The molecule has 2 rings (SSSR count). The minimum absolute atomic E-state index is 0.0710. The van der Waals surface area contributed by atoms with E-state index in [0.29, 0.717) is 36.0 Å². The second-order valence-electron chi connectivity index (χ2n) is 6.95. The predicted octanol–water partition coefficient (Wildman–Crippen LogP) is 5.26. The highest BCUT2D eigenvalue weighted by Crippen LogP contribution is 2.20. The van der Waals surface area contributed by atoms with Crippen LogP contribution in [-0.2, 0) is 22.6 Å². The van der Waals surface area contributed by atoms with E-state index in [4.69, 9.17) is 23.2 Å². The molecule has 0 aromatic heterocycles. The van der Waals surface area contributed by atoms with Crippen molar-refractivity contribution in [1.29, 1.82) is 0 Å². The van der Waals surface area contributed by atoms with Crippen molar-refractivity contribution in [1.82, 2.24) is 10.2 Å². The zero-order valence-corrected chi connectivity index (χ0v) is 18.5. The summed E-state index contributed by atoms with van der Waals surface area (Å²) in [5.41, 5.74) is 1.86. The molecule has 0 saturated heterocycles. The van der Waals surface area contributed by atoms with E-state index in [1.807, 2.05) is 50.2 Å². The molecule has 0 bridgehead atoms. The van der Waals surface area contributed by atoms with E-state index in [1.54, 1.807) is 17.0 Å². The molecule has 0 radical (unpaired) electrons. The number of amides is 2. The summed E-state index contributed by atoms with van der Waals surface area (Å²) < 4.78 is 0. The standard InChI is InChI=1S/C23H28Cl2N2O2/c1-3-15-26-23(29)21(4-2)27(16-17-9-12-19(24)13-10-17)22(28)14-11-18-7-5-6-8-20(18)25/h5-10,12-13,21H,3-4,11,14-16H2,1-2H3,(H,26,29)/t21-/m1/s1. The summed E-state index contributed by atoms with van der Waals surface area (Å²) in [7, 11) is 0. The van der Waals surface area contributed by atoms with Gasteiger partial charge in [0.1, 0.15) is 6.04 Å². The van der Waals surface area contributed by atoms with Gasteiger partial charge in [0.2, 0.25) is 11.8 Å². The normalized spacial score (nSPS) is 11.7. The Balaban J connectivity index is 2.19. The first kappa shape index (κ1) is 23.2. The summed E-state index contributed by atoms with van der Waals surface area (Å²) in [6.07, 6.45) is 2.21. The molecule has 29 heavy (non-hydrogen) atoms. The average Bonchev–Trinajstić information content (AvgIpc) is 2.72. The molecule has 1 N–H and O–H groups in total. The van der Waals surface area contributed by atoms with Gasteiger partial charge in [0.15, 0.2) is 0 Å². The first-order valence-corrected chi connectivity index (χ1v) is 10.8. The Morgan fingerprint density at radius 1 is 1.03 bits per heavy atom. The SMILES string of the molecule is CCCNC(=O)[C@@H](CC)N(Cc1ccc(Cl)cc1)C(=O)CCc1ccccc1Cl. The van der Waals surface area contributed by atoms with Crippen molar-refractivity contribution in [2.75, 3.05) is 6.54 Å². The molecule has 2 aromatic carbocycles. The van der Waals surface area contributed by atoms with E-state index in [1.165, 1.54) is 0 Å². The van der Waals surface area contributed by atoms with E-state index in [0.717, 1.165) is 17.5 Å². The lowest BCUT2D eigenvalue weighted by Crippen LogP contribution is -2.49. The number of carbonyl (C=O) groups is 2.